The molecular weight excluding hydrogens is 332 g/mol. The first-order chi connectivity index (χ1) is 12.2. The van der Waals surface area contributed by atoms with Crippen LogP contribution in [-0.4, -0.2) is 21.6 Å². The van der Waals surface area contributed by atoms with Crippen LogP contribution in [0.3, 0.4) is 0 Å². The highest BCUT2D eigenvalue weighted by molar-refractivity contribution is 7.13. The van der Waals surface area contributed by atoms with Crippen molar-refractivity contribution < 1.29 is 4.79 Å². The number of pyridine rings is 1. The Labute approximate surface area is 150 Å². The van der Waals surface area contributed by atoms with Crippen LogP contribution in [0, 0.1) is 0 Å². The van der Waals surface area contributed by atoms with Crippen molar-refractivity contribution in [2.75, 3.05) is 0 Å². The summed E-state index contributed by atoms with van der Waals surface area (Å²) in [5, 5.41) is 6.68. The van der Waals surface area contributed by atoms with Gasteiger partial charge < -0.3 is 0 Å². The molecule has 3 aromatic rings. The van der Waals surface area contributed by atoms with E-state index in [1.807, 2.05) is 31.2 Å². The third-order valence-electron chi connectivity index (χ3n) is 3.75. The van der Waals surface area contributed by atoms with E-state index in [4.69, 9.17) is 0 Å². The summed E-state index contributed by atoms with van der Waals surface area (Å²) in [7, 11) is 0. The molecule has 6 heteroatoms. The first kappa shape index (κ1) is 17.0. The van der Waals surface area contributed by atoms with Crippen LogP contribution in [0.4, 0.5) is 0 Å². The van der Waals surface area contributed by atoms with E-state index in [1.165, 1.54) is 16.9 Å². The van der Waals surface area contributed by atoms with Crippen LogP contribution in [0.1, 0.15) is 35.5 Å². The number of hydrazone groups is 1. The highest BCUT2D eigenvalue weighted by Gasteiger charge is 2.11. The van der Waals surface area contributed by atoms with E-state index in [2.05, 4.69) is 39.6 Å². The Morgan fingerprint density at radius 3 is 2.72 bits per heavy atom. The molecule has 0 atom stereocenters. The molecule has 0 bridgehead atoms. The Morgan fingerprint density at radius 1 is 1.24 bits per heavy atom. The van der Waals surface area contributed by atoms with Crippen molar-refractivity contribution in [3.05, 3.63) is 71.0 Å². The van der Waals surface area contributed by atoms with Crippen LogP contribution in [0.5, 0.6) is 0 Å². The van der Waals surface area contributed by atoms with Crippen molar-refractivity contribution >= 4 is 23.0 Å². The fourth-order valence-corrected chi connectivity index (χ4v) is 3.03. The monoisotopic (exact) mass is 350 g/mol. The first-order valence-electron chi connectivity index (χ1n) is 7.97. The average Bonchev–Trinajstić information content (AvgIpc) is 3.17. The maximum absolute atomic E-state index is 12.2. The Bertz CT molecular complexity index is 885. The van der Waals surface area contributed by atoms with Crippen LogP contribution in [-0.2, 0) is 6.42 Å². The van der Waals surface area contributed by atoms with E-state index in [9.17, 15) is 4.79 Å². The number of carbonyl (C=O) groups is 1. The fourth-order valence-electron chi connectivity index (χ4n) is 2.23. The lowest BCUT2D eigenvalue weighted by atomic mass is 10.1. The summed E-state index contributed by atoms with van der Waals surface area (Å²) in [6, 6.07) is 11.9. The zero-order valence-electron chi connectivity index (χ0n) is 14.1. The largest absolute Gasteiger partial charge is 0.290 e. The minimum absolute atomic E-state index is 0.323. The smallest absolute Gasteiger partial charge is 0.266 e. The SMILES string of the molecule is CCc1ccc(-c2nc(C(=O)N/N=C(/C)c3cccnc3)cs2)cc1. The lowest BCUT2D eigenvalue weighted by Gasteiger charge is -2.01. The number of hydrogen-bond donors (Lipinski definition) is 1. The van der Waals surface area contributed by atoms with E-state index in [0.29, 0.717) is 11.4 Å². The lowest BCUT2D eigenvalue weighted by Crippen LogP contribution is -2.19. The number of thiazole rings is 1. The number of rotatable bonds is 5. The zero-order valence-corrected chi connectivity index (χ0v) is 14.9. The Hall–Kier alpha value is -2.86. The second-order valence-electron chi connectivity index (χ2n) is 5.47. The van der Waals surface area contributed by atoms with E-state index in [1.54, 1.807) is 17.8 Å². The molecule has 25 heavy (non-hydrogen) atoms. The van der Waals surface area contributed by atoms with E-state index < -0.39 is 0 Å². The Kier molecular flexibility index (Phi) is 5.30. The van der Waals surface area contributed by atoms with Gasteiger partial charge in [0.15, 0.2) is 0 Å². The molecule has 2 aromatic heterocycles. The minimum Gasteiger partial charge on any atom is -0.266 e. The molecule has 0 fully saturated rings. The molecule has 0 unspecified atom stereocenters. The van der Waals surface area contributed by atoms with Gasteiger partial charge in [0, 0.05) is 28.9 Å². The quantitative estimate of drug-likeness (QED) is 0.560. The summed E-state index contributed by atoms with van der Waals surface area (Å²) in [6.45, 7) is 3.94. The standard InChI is InChI=1S/C19H18N4OS/c1-3-14-6-8-15(9-7-14)19-21-17(12-25-19)18(24)23-22-13(2)16-5-4-10-20-11-16/h4-12H,3H2,1-2H3,(H,23,24)/b22-13-. The molecule has 1 N–H and O–H groups in total. The summed E-state index contributed by atoms with van der Waals surface area (Å²) in [6.07, 6.45) is 4.39. The molecule has 0 saturated carbocycles. The number of aryl methyl sites for hydroxylation is 1. The van der Waals surface area contributed by atoms with Crippen molar-refractivity contribution in [1.29, 1.82) is 0 Å². The molecule has 2 heterocycles. The normalized spacial score (nSPS) is 11.4. The maximum Gasteiger partial charge on any atom is 0.290 e. The number of nitrogens with zero attached hydrogens (tertiary/aromatic N) is 3. The van der Waals surface area contributed by atoms with Gasteiger partial charge in [-0.25, -0.2) is 10.4 Å². The molecular formula is C19H18N4OS. The van der Waals surface area contributed by atoms with Crippen molar-refractivity contribution in [2.24, 2.45) is 5.10 Å². The molecule has 0 aliphatic heterocycles. The molecule has 0 aliphatic rings. The second-order valence-corrected chi connectivity index (χ2v) is 6.33. The van der Waals surface area contributed by atoms with Crippen molar-refractivity contribution in [3.63, 3.8) is 0 Å². The van der Waals surface area contributed by atoms with Gasteiger partial charge in [0.2, 0.25) is 0 Å². The van der Waals surface area contributed by atoms with Crippen LogP contribution in [0.15, 0.2) is 59.3 Å². The molecule has 0 spiro atoms. The van der Waals surface area contributed by atoms with Crippen molar-refractivity contribution in [1.82, 2.24) is 15.4 Å². The number of nitrogens with one attached hydrogen (secondary N) is 1. The molecule has 0 radical (unpaired) electrons. The zero-order chi connectivity index (χ0) is 17.6. The summed E-state index contributed by atoms with van der Waals surface area (Å²) in [4.78, 5) is 20.7. The van der Waals surface area contributed by atoms with Gasteiger partial charge >= 0.3 is 0 Å². The maximum atomic E-state index is 12.2. The summed E-state index contributed by atoms with van der Waals surface area (Å²) < 4.78 is 0. The lowest BCUT2D eigenvalue weighted by molar-refractivity contribution is 0.0950. The van der Waals surface area contributed by atoms with Gasteiger partial charge in [-0.05, 0) is 25.0 Å². The number of aromatic nitrogens is 2. The van der Waals surface area contributed by atoms with Gasteiger partial charge in [-0.2, -0.15) is 5.10 Å². The van der Waals surface area contributed by atoms with Crippen LogP contribution >= 0.6 is 11.3 Å². The highest BCUT2D eigenvalue weighted by Crippen LogP contribution is 2.24. The van der Waals surface area contributed by atoms with E-state index in [-0.39, 0.29) is 5.91 Å². The molecule has 0 saturated heterocycles. The Morgan fingerprint density at radius 2 is 2.04 bits per heavy atom. The van der Waals surface area contributed by atoms with Crippen molar-refractivity contribution in [2.45, 2.75) is 20.3 Å². The number of carbonyl (C=O) groups excluding carboxylic acids is 1. The van der Waals surface area contributed by atoms with E-state index in [0.717, 1.165) is 22.6 Å². The van der Waals surface area contributed by atoms with Gasteiger partial charge in [-0.1, -0.05) is 37.3 Å². The molecule has 1 aromatic carbocycles. The van der Waals surface area contributed by atoms with Gasteiger partial charge in [0.05, 0.1) is 5.71 Å². The fraction of sp³-hybridized carbons (Fsp3) is 0.158. The highest BCUT2D eigenvalue weighted by atomic mass is 32.1. The van der Waals surface area contributed by atoms with Crippen LogP contribution in [0.25, 0.3) is 10.6 Å². The predicted octanol–water partition coefficient (Wildman–Crippen LogP) is 3.92. The van der Waals surface area contributed by atoms with Gasteiger partial charge in [-0.3, -0.25) is 9.78 Å². The topological polar surface area (TPSA) is 67.2 Å². The van der Waals surface area contributed by atoms with Crippen LogP contribution < -0.4 is 5.43 Å². The van der Waals surface area contributed by atoms with Gasteiger partial charge in [0.25, 0.3) is 5.91 Å². The molecule has 5 nitrogen and oxygen atoms in total. The molecule has 0 aliphatic carbocycles. The molecule has 3 rings (SSSR count). The third-order valence-corrected chi connectivity index (χ3v) is 4.64. The summed E-state index contributed by atoms with van der Waals surface area (Å²) in [5.74, 6) is -0.323. The average molecular weight is 350 g/mol. The number of amides is 1. The van der Waals surface area contributed by atoms with Crippen LogP contribution in [0.2, 0.25) is 0 Å². The first-order valence-corrected chi connectivity index (χ1v) is 8.85. The molecule has 1 amide bonds. The Balaban J connectivity index is 1.70. The second kappa shape index (κ2) is 7.81. The summed E-state index contributed by atoms with van der Waals surface area (Å²) >= 11 is 1.44. The summed E-state index contributed by atoms with van der Waals surface area (Å²) in [5.41, 5.74) is 6.74. The van der Waals surface area contributed by atoms with Gasteiger partial charge in [-0.15, -0.1) is 11.3 Å². The third kappa shape index (κ3) is 4.16. The number of benzene rings is 1. The number of hydrogen-bond acceptors (Lipinski definition) is 5. The van der Waals surface area contributed by atoms with Crippen molar-refractivity contribution in [3.8, 4) is 10.6 Å². The molecule has 126 valence electrons. The van der Waals surface area contributed by atoms with E-state index >= 15 is 0 Å². The minimum atomic E-state index is -0.323. The van der Waals surface area contributed by atoms with Gasteiger partial charge in [0.1, 0.15) is 10.7 Å². The predicted molar refractivity (Wildman–Crippen MR) is 101 cm³/mol.